The van der Waals surface area contributed by atoms with E-state index in [-0.39, 0.29) is 5.56 Å². The molecule has 29 heavy (non-hydrogen) atoms. The second-order valence-corrected chi connectivity index (χ2v) is 7.30. The van der Waals surface area contributed by atoms with Crippen molar-refractivity contribution in [2.75, 3.05) is 79.3 Å². The molecule has 0 bridgehead atoms. The Morgan fingerprint density at radius 3 is 1.55 bits per heavy atom. The van der Waals surface area contributed by atoms with Gasteiger partial charge in [0.1, 0.15) is 10.6 Å². The van der Waals surface area contributed by atoms with E-state index >= 15 is 0 Å². The third kappa shape index (κ3) is 15.6. The van der Waals surface area contributed by atoms with Crippen LogP contribution in [0.25, 0.3) is 0 Å². The van der Waals surface area contributed by atoms with Gasteiger partial charge in [-0.15, -0.1) is 0 Å². The van der Waals surface area contributed by atoms with Gasteiger partial charge in [-0.1, -0.05) is 11.6 Å². The van der Waals surface area contributed by atoms with Crippen molar-refractivity contribution in [3.63, 3.8) is 0 Å². The molecular weight excluding hydrogens is 426 g/mol. The molecule has 1 aromatic heterocycles. The number of hydrogen-bond acceptors (Lipinski definition) is 9. The Kier molecular flexibility index (Phi) is 17.3. The highest BCUT2D eigenvalue weighted by atomic mass is 35.5. The molecule has 0 saturated carbocycles. The molecule has 0 N–H and O–H groups in total. The summed E-state index contributed by atoms with van der Waals surface area (Å²) in [5, 5.41) is 0. The SMILES string of the molecule is O=CCCOCCOCCOCCOCCOCCOCCn1sc(Cl)cc1=O. The number of carbonyl (C=O) groups is 1. The molecule has 0 amide bonds. The Morgan fingerprint density at radius 1 is 0.759 bits per heavy atom. The van der Waals surface area contributed by atoms with E-state index in [1.165, 1.54) is 17.6 Å². The van der Waals surface area contributed by atoms with E-state index in [0.717, 1.165) is 6.29 Å². The summed E-state index contributed by atoms with van der Waals surface area (Å²) in [6, 6.07) is 1.39. The van der Waals surface area contributed by atoms with Crippen LogP contribution in [0.1, 0.15) is 6.42 Å². The molecule has 1 rings (SSSR count). The van der Waals surface area contributed by atoms with Crippen LogP contribution >= 0.6 is 23.1 Å². The molecule has 11 heteroatoms. The average molecular weight is 456 g/mol. The quantitative estimate of drug-likeness (QED) is 0.202. The highest BCUT2D eigenvalue weighted by Gasteiger charge is 2.01. The Labute approximate surface area is 179 Å². The first kappa shape index (κ1) is 26.2. The van der Waals surface area contributed by atoms with E-state index < -0.39 is 0 Å². The fourth-order valence-electron chi connectivity index (χ4n) is 1.98. The minimum absolute atomic E-state index is 0.106. The van der Waals surface area contributed by atoms with Gasteiger partial charge < -0.3 is 33.2 Å². The van der Waals surface area contributed by atoms with Gasteiger partial charge >= 0.3 is 0 Å². The molecule has 0 fully saturated rings. The molecule has 1 heterocycles. The lowest BCUT2D eigenvalue weighted by Gasteiger charge is -2.08. The van der Waals surface area contributed by atoms with Gasteiger partial charge in [-0.05, 0) is 11.5 Å². The maximum atomic E-state index is 11.4. The normalized spacial score (nSPS) is 11.2. The average Bonchev–Trinajstić information content (AvgIpc) is 3.03. The second-order valence-electron chi connectivity index (χ2n) is 5.61. The first-order valence-corrected chi connectivity index (χ1v) is 10.7. The lowest BCUT2D eigenvalue weighted by atomic mass is 10.5. The van der Waals surface area contributed by atoms with Crippen molar-refractivity contribution in [3.8, 4) is 0 Å². The van der Waals surface area contributed by atoms with Crippen molar-refractivity contribution in [1.29, 1.82) is 0 Å². The van der Waals surface area contributed by atoms with E-state index in [1.807, 2.05) is 0 Å². The molecular formula is C18H30ClNO8S. The number of carbonyl (C=O) groups excluding carboxylic acids is 1. The fraction of sp³-hybridized carbons (Fsp3) is 0.778. The summed E-state index contributed by atoms with van der Waals surface area (Å²) in [5.41, 5.74) is -0.106. The van der Waals surface area contributed by atoms with Gasteiger partial charge in [-0.2, -0.15) is 0 Å². The van der Waals surface area contributed by atoms with Crippen LogP contribution < -0.4 is 5.56 Å². The molecule has 0 radical (unpaired) electrons. The second kappa shape index (κ2) is 19.1. The monoisotopic (exact) mass is 455 g/mol. The topological polar surface area (TPSA) is 94.5 Å². The van der Waals surface area contributed by atoms with Gasteiger partial charge in [-0.3, -0.25) is 8.75 Å². The van der Waals surface area contributed by atoms with Crippen molar-refractivity contribution in [2.45, 2.75) is 13.0 Å². The minimum atomic E-state index is -0.106. The molecule has 0 saturated heterocycles. The molecule has 0 unspecified atom stereocenters. The van der Waals surface area contributed by atoms with Crippen molar-refractivity contribution < 1.29 is 33.2 Å². The van der Waals surface area contributed by atoms with Crippen LogP contribution in [0, 0.1) is 0 Å². The summed E-state index contributed by atoms with van der Waals surface area (Å²) in [6.07, 6.45) is 1.24. The van der Waals surface area contributed by atoms with Crippen LogP contribution in [0.3, 0.4) is 0 Å². The third-order valence-electron chi connectivity index (χ3n) is 3.36. The maximum Gasteiger partial charge on any atom is 0.262 e. The summed E-state index contributed by atoms with van der Waals surface area (Å²) in [5.74, 6) is 0. The van der Waals surface area contributed by atoms with E-state index in [4.69, 9.17) is 40.0 Å². The first-order valence-electron chi connectivity index (χ1n) is 9.51. The molecule has 0 aliphatic rings. The molecule has 0 aliphatic heterocycles. The van der Waals surface area contributed by atoms with Crippen molar-refractivity contribution in [1.82, 2.24) is 3.96 Å². The highest BCUT2D eigenvalue weighted by Crippen LogP contribution is 2.11. The van der Waals surface area contributed by atoms with Crippen molar-refractivity contribution in [2.24, 2.45) is 0 Å². The van der Waals surface area contributed by atoms with E-state index in [1.54, 1.807) is 3.96 Å². The number of hydrogen-bond donors (Lipinski definition) is 0. The molecule has 0 aliphatic carbocycles. The number of halogens is 1. The Hall–Kier alpha value is -0.850. The largest absolute Gasteiger partial charge is 0.379 e. The predicted octanol–water partition coefficient (Wildman–Crippen LogP) is 1.25. The minimum Gasteiger partial charge on any atom is -0.379 e. The maximum absolute atomic E-state index is 11.4. The van der Waals surface area contributed by atoms with Gasteiger partial charge in [0.15, 0.2) is 0 Å². The van der Waals surface area contributed by atoms with Crippen molar-refractivity contribution in [3.05, 3.63) is 20.8 Å². The van der Waals surface area contributed by atoms with Crippen molar-refractivity contribution >= 4 is 29.4 Å². The van der Waals surface area contributed by atoms with E-state index in [2.05, 4.69) is 0 Å². The standard InChI is InChI=1S/C18H30ClNO8S/c19-17-16-18(22)20(29-17)2-5-24-7-9-26-11-13-28-15-14-27-12-10-25-8-6-23-4-1-3-21/h3,16H,1-2,4-15H2. The highest BCUT2D eigenvalue weighted by molar-refractivity contribution is 7.11. The van der Waals surface area contributed by atoms with Crippen LogP contribution in [0.15, 0.2) is 10.9 Å². The van der Waals surface area contributed by atoms with Crippen LogP contribution in [0.2, 0.25) is 4.34 Å². The molecule has 168 valence electrons. The van der Waals surface area contributed by atoms with Gasteiger partial charge in [0.25, 0.3) is 5.56 Å². The zero-order valence-corrected chi connectivity index (χ0v) is 18.1. The van der Waals surface area contributed by atoms with Gasteiger partial charge in [0.2, 0.25) is 0 Å². The van der Waals surface area contributed by atoms with Gasteiger partial charge in [-0.25, -0.2) is 0 Å². The predicted molar refractivity (Wildman–Crippen MR) is 109 cm³/mol. The number of nitrogens with zero attached hydrogens (tertiary/aromatic N) is 1. The van der Waals surface area contributed by atoms with Crippen LogP contribution in [-0.4, -0.2) is 89.5 Å². The van der Waals surface area contributed by atoms with Crippen LogP contribution in [-0.2, 0) is 39.8 Å². The Morgan fingerprint density at radius 2 is 1.17 bits per heavy atom. The first-order chi connectivity index (χ1) is 14.2. The number of aromatic nitrogens is 1. The number of rotatable bonds is 21. The summed E-state index contributed by atoms with van der Waals surface area (Å²) < 4.78 is 34.1. The molecule has 0 atom stereocenters. The van der Waals surface area contributed by atoms with Crippen LogP contribution in [0.5, 0.6) is 0 Å². The Balaban J connectivity index is 1.71. The number of ether oxygens (including phenoxy) is 6. The summed E-state index contributed by atoms with van der Waals surface area (Å²) in [4.78, 5) is 21.5. The van der Waals surface area contributed by atoms with Crippen LogP contribution in [0.4, 0.5) is 0 Å². The fourth-order valence-corrected chi connectivity index (χ4v) is 3.00. The van der Waals surface area contributed by atoms with Gasteiger partial charge in [0.05, 0.1) is 85.8 Å². The summed E-state index contributed by atoms with van der Waals surface area (Å²) in [7, 11) is 0. The third-order valence-corrected chi connectivity index (χ3v) is 4.55. The van der Waals surface area contributed by atoms with E-state index in [0.29, 0.717) is 96.6 Å². The zero-order chi connectivity index (χ0) is 21.0. The lowest BCUT2D eigenvalue weighted by Crippen LogP contribution is -2.17. The summed E-state index contributed by atoms with van der Waals surface area (Å²) in [6.45, 7) is 6.19. The molecule has 1 aromatic rings. The molecule has 9 nitrogen and oxygen atoms in total. The Bertz CT molecular complexity index is 568. The van der Waals surface area contributed by atoms with E-state index in [9.17, 15) is 9.59 Å². The molecule has 0 aromatic carbocycles. The number of aldehydes is 1. The molecule has 0 spiro atoms. The smallest absolute Gasteiger partial charge is 0.262 e. The van der Waals surface area contributed by atoms with Gasteiger partial charge in [0, 0.05) is 12.5 Å². The lowest BCUT2D eigenvalue weighted by molar-refractivity contribution is -0.108. The summed E-state index contributed by atoms with van der Waals surface area (Å²) >= 11 is 6.97. The zero-order valence-electron chi connectivity index (χ0n) is 16.6.